The Bertz CT molecular complexity index is 845. The van der Waals surface area contributed by atoms with Crippen molar-refractivity contribution in [2.45, 2.75) is 39.7 Å². The molecule has 3 rings (SSSR count). The minimum atomic E-state index is -0.257. The lowest BCUT2D eigenvalue weighted by Crippen LogP contribution is -2.26. The van der Waals surface area contributed by atoms with Gasteiger partial charge < -0.3 is 14.7 Å². The van der Waals surface area contributed by atoms with Gasteiger partial charge in [-0.1, -0.05) is 6.92 Å². The van der Waals surface area contributed by atoms with Gasteiger partial charge >= 0.3 is 0 Å². The van der Waals surface area contributed by atoms with Crippen molar-refractivity contribution in [3.63, 3.8) is 0 Å². The summed E-state index contributed by atoms with van der Waals surface area (Å²) >= 11 is 0. The van der Waals surface area contributed by atoms with Gasteiger partial charge in [0.2, 0.25) is 5.91 Å². The van der Waals surface area contributed by atoms with Gasteiger partial charge in [-0.25, -0.2) is 0 Å². The summed E-state index contributed by atoms with van der Waals surface area (Å²) in [7, 11) is 0. The molecule has 0 bridgehead atoms. The Hall–Kier alpha value is -2.56. The average molecular weight is 326 g/mol. The molecule has 5 heteroatoms. The number of amides is 1. The highest BCUT2D eigenvalue weighted by Gasteiger charge is 2.36. The molecule has 126 valence electrons. The zero-order valence-corrected chi connectivity index (χ0v) is 14.2. The largest absolute Gasteiger partial charge is 0.461 e. The average Bonchev–Trinajstić information content (AvgIpc) is 3.06. The van der Waals surface area contributed by atoms with Crippen molar-refractivity contribution < 1.29 is 9.21 Å². The summed E-state index contributed by atoms with van der Waals surface area (Å²) in [6.07, 6.45) is 4.25. The summed E-state index contributed by atoms with van der Waals surface area (Å²) in [5.74, 6) is 2.62. The molecule has 1 aliphatic carbocycles. The van der Waals surface area contributed by atoms with E-state index in [9.17, 15) is 9.59 Å². The number of hydrogen-bond acceptors (Lipinski definition) is 3. The number of hydrogen-bond donors (Lipinski definition) is 2. The molecule has 0 aromatic carbocycles. The van der Waals surface area contributed by atoms with Crippen LogP contribution < -0.4 is 10.9 Å². The third-order valence-corrected chi connectivity index (χ3v) is 4.45. The molecule has 24 heavy (non-hydrogen) atoms. The van der Waals surface area contributed by atoms with E-state index in [0.717, 1.165) is 17.0 Å². The zero-order valence-electron chi connectivity index (χ0n) is 14.2. The first kappa shape index (κ1) is 16.3. The topological polar surface area (TPSA) is 75.1 Å². The van der Waals surface area contributed by atoms with Crippen LogP contribution in [0, 0.1) is 19.8 Å². The van der Waals surface area contributed by atoms with Crippen LogP contribution in [0.4, 0.5) is 0 Å². The first-order chi connectivity index (χ1) is 11.4. The fourth-order valence-corrected chi connectivity index (χ4v) is 2.87. The van der Waals surface area contributed by atoms with E-state index >= 15 is 0 Å². The normalized spacial score (nSPS) is 19.6. The number of carbonyl (C=O) groups is 1. The van der Waals surface area contributed by atoms with Gasteiger partial charge in [0.05, 0.1) is 0 Å². The van der Waals surface area contributed by atoms with Crippen molar-refractivity contribution in [1.82, 2.24) is 10.3 Å². The second kappa shape index (κ2) is 6.51. The number of rotatable bonds is 5. The highest BCUT2D eigenvalue weighted by atomic mass is 16.3. The molecule has 0 spiro atoms. The smallest absolute Gasteiger partial charge is 0.253 e. The summed E-state index contributed by atoms with van der Waals surface area (Å²) in [6.45, 7) is 6.10. The lowest BCUT2D eigenvalue weighted by atomic mass is 10.1. The Balaban J connectivity index is 1.58. The van der Waals surface area contributed by atoms with Crippen molar-refractivity contribution >= 4 is 12.0 Å². The second-order valence-electron chi connectivity index (χ2n) is 6.55. The van der Waals surface area contributed by atoms with Crippen LogP contribution in [-0.4, -0.2) is 10.9 Å². The molecule has 1 amide bonds. The molecule has 0 radical (unpaired) electrons. The summed E-state index contributed by atoms with van der Waals surface area (Å²) in [4.78, 5) is 26.6. The molecule has 2 heterocycles. The van der Waals surface area contributed by atoms with Crippen molar-refractivity contribution in [2.24, 2.45) is 5.92 Å². The van der Waals surface area contributed by atoms with Gasteiger partial charge in [0, 0.05) is 29.8 Å². The lowest BCUT2D eigenvalue weighted by molar-refractivity contribution is -0.116. The van der Waals surface area contributed by atoms with Crippen LogP contribution in [0.1, 0.15) is 47.6 Å². The van der Waals surface area contributed by atoms with Gasteiger partial charge in [-0.2, -0.15) is 0 Å². The number of aromatic amines is 1. The van der Waals surface area contributed by atoms with Crippen LogP contribution in [0.25, 0.3) is 6.08 Å². The van der Waals surface area contributed by atoms with Crippen molar-refractivity contribution in [3.8, 4) is 0 Å². The number of aromatic nitrogens is 1. The Kier molecular flexibility index (Phi) is 4.42. The van der Waals surface area contributed by atoms with E-state index in [1.807, 2.05) is 32.0 Å². The molecular weight excluding hydrogens is 304 g/mol. The molecular formula is C19H22N2O3. The minimum Gasteiger partial charge on any atom is -0.461 e. The van der Waals surface area contributed by atoms with Gasteiger partial charge in [-0.05, 0) is 56.0 Å². The van der Waals surface area contributed by atoms with Crippen LogP contribution in [0.15, 0.2) is 33.5 Å². The molecule has 5 nitrogen and oxygen atoms in total. The Morgan fingerprint density at radius 3 is 2.83 bits per heavy atom. The number of aryl methyl sites for hydroxylation is 2. The highest BCUT2D eigenvalue weighted by Crippen LogP contribution is 2.47. The van der Waals surface area contributed by atoms with Crippen molar-refractivity contribution in [1.29, 1.82) is 0 Å². The maximum absolute atomic E-state index is 11.9. The fraction of sp³-hybridized carbons (Fsp3) is 0.368. The standard InChI is InChI=1S/C19H22N2O3/c1-11-8-13(3)21-19(23)16(11)10-20-18(22)7-5-14-4-6-17(24-14)15-9-12(15)2/h4-8,12,15H,9-10H2,1-3H3,(H,20,22)(H,21,23)/b7-5+. The number of pyridine rings is 1. The van der Waals surface area contributed by atoms with Gasteiger partial charge in [0.1, 0.15) is 11.5 Å². The molecule has 0 saturated heterocycles. The van der Waals surface area contributed by atoms with Gasteiger partial charge in [-0.15, -0.1) is 0 Å². The predicted octanol–water partition coefficient (Wildman–Crippen LogP) is 3.04. The monoisotopic (exact) mass is 326 g/mol. The van der Waals surface area contributed by atoms with Crippen LogP contribution in [0.2, 0.25) is 0 Å². The van der Waals surface area contributed by atoms with Gasteiger partial charge in [0.25, 0.3) is 5.56 Å². The summed E-state index contributed by atoms with van der Waals surface area (Å²) in [6, 6.07) is 5.74. The Morgan fingerprint density at radius 1 is 1.42 bits per heavy atom. The van der Waals surface area contributed by atoms with Crippen molar-refractivity contribution in [3.05, 3.63) is 63.0 Å². The molecule has 2 N–H and O–H groups in total. The Labute approximate surface area is 140 Å². The first-order valence-corrected chi connectivity index (χ1v) is 8.19. The zero-order chi connectivity index (χ0) is 17.3. The number of carbonyl (C=O) groups excluding carboxylic acids is 1. The molecule has 2 aromatic rings. The van der Waals surface area contributed by atoms with Gasteiger partial charge in [-0.3, -0.25) is 9.59 Å². The van der Waals surface area contributed by atoms with Crippen LogP contribution in [0.5, 0.6) is 0 Å². The fourth-order valence-electron chi connectivity index (χ4n) is 2.87. The van der Waals surface area contributed by atoms with E-state index < -0.39 is 0 Å². The summed E-state index contributed by atoms with van der Waals surface area (Å²) in [5.41, 5.74) is 2.09. The van der Waals surface area contributed by atoms with Gasteiger partial charge in [0.15, 0.2) is 0 Å². The van der Waals surface area contributed by atoms with E-state index in [1.54, 1.807) is 6.08 Å². The number of nitrogens with one attached hydrogen (secondary N) is 2. The van der Waals surface area contributed by atoms with Crippen LogP contribution in [-0.2, 0) is 11.3 Å². The van der Waals surface area contributed by atoms with E-state index in [2.05, 4.69) is 17.2 Å². The molecule has 1 aliphatic rings. The highest BCUT2D eigenvalue weighted by molar-refractivity contribution is 5.91. The van der Waals surface area contributed by atoms with E-state index in [1.165, 1.54) is 12.5 Å². The van der Waals surface area contributed by atoms with Crippen LogP contribution in [0.3, 0.4) is 0 Å². The quantitative estimate of drug-likeness (QED) is 0.829. The molecule has 0 aliphatic heterocycles. The predicted molar refractivity (Wildman–Crippen MR) is 92.6 cm³/mol. The summed E-state index contributed by atoms with van der Waals surface area (Å²) in [5, 5.41) is 2.73. The molecule has 2 unspecified atom stereocenters. The SMILES string of the molecule is Cc1cc(C)c(CNC(=O)/C=C/c2ccc(C3CC3C)o2)c(=O)[nH]1. The number of furan rings is 1. The second-order valence-corrected chi connectivity index (χ2v) is 6.55. The molecule has 2 aromatic heterocycles. The van der Waals surface area contributed by atoms with E-state index in [4.69, 9.17) is 4.42 Å². The lowest BCUT2D eigenvalue weighted by Gasteiger charge is -2.06. The molecule has 2 atom stereocenters. The third-order valence-electron chi connectivity index (χ3n) is 4.45. The Morgan fingerprint density at radius 2 is 2.17 bits per heavy atom. The molecule has 1 fully saturated rings. The number of H-pyrrole nitrogens is 1. The van der Waals surface area contributed by atoms with Crippen molar-refractivity contribution in [2.75, 3.05) is 0 Å². The van der Waals surface area contributed by atoms with E-state index in [0.29, 0.717) is 23.2 Å². The summed E-state index contributed by atoms with van der Waals surface area (Å²) < 4.78 is 5.72. The molecule has 1 saturated carbocycles. The van der Waals surface area contributed by atoms with E-state index in [-0.39, 0.29) is 18.0 Å². The maximum Gasteiger partial charge on any atom is 0.253 e. The first-order valence-electron chi connectivity index (χ1n) is 8.19. The maximum atomic E-state index is 11.9. The van der Waals surface area contributed by atoms with Crippen LogP contribution >= 0.6 is 0 Å². The minimum absolute atomic E-state index is 0.161. The third kappa shape index (κ3) is 3.67.